The summed E-state index contributed by atoms with van der Waals surface area (Å²) in [7, 11) is 0. The number of fused-ring (bicyclic) bond motifs is 1. The van der Waals surface area contributed by atoms with Gasteiger partial charge in [-0.25, -0.2) is 0 Å². The predicted molar refractivity (Wildman–Crippen MR) is 40.6 cm³/mol. The molecule has 2 aliphatic carbocycles. The minimum absolute atomic E-state index is 0.0440. The van der Waals surface area contributed by atoms with Crippen LogP contribution in [0.1, 0.15) is 32.6 Å². The van der Waals surface area contributed by atoms with Crippen molar-refractivity contribution in [2.75, 3.05) is 0 Å². The topological polar surface area (TPSA) is 20.2 Å². The summed E-state index contributed by atoms with van der Waals surface area (Å²) in [6.45, 7) is 2.29. The quantitative estimate of drug-likeness (QED) is 0.544. The van der Waals surface area contributed by atoms with Crippen molar-refractivity contribution < 1.29 is 5.11 Å². The Morgan fingerprint density at radius 2 is 1.80 bits per heavy atom. The highest BCUT2D eigenvalue weighted by Gasteiger charge is 2.42. The van der Waals surface area contributed by atoms with Gasteiger partial charge in [-0.2, -0.15) is 0 Å². The predicted octanol–water partition coefficient (Wildman–Crippen LogP) is 1.80. The number of hydrogen-bond acceptors (Lipinski definition) is 1. The van der Waals surface area contributed by atoms with Crippen molar-refractivity contribution in [2.24, 2.45) is 17.8 Å². The third kappa shape index (κ3) is 0.800. The molecule has 1 heteroatoms. The molecule has 0 heterocycles. The first-order valence-electron chi connectivity index (χ1n) is 4.47. The molecule has 0 unspecified atom stereocenters. The van der Waals surface area contributed by atoms with Gasteiger partial charge in [0.05, 0.1) is 6.10 Å². The van der Waals surface area contributed by atoms with Crippen LogP contribution in [-0.4, -0.2) is 11.2 Å². The van der Waals surface area contributed by atoms with Crippen molar-refractivity contribution in [1.82, 2.24) is 0 Å². The monoisotopic (exact) mass is 140 g/mol. The lowest BCUT2D eigenvalue weighted by Gasteiger charge is -2.17. The Morgan fingerprint density at radius 3 is 2.50 bits per heavy atom. The van der Waals surface area contributed by atoms with Crippen LogP contribution in [0.3, 0.4) is 0 Å². The Kier molecular flexibility index (Phi) is 1.48. The summed E-state index contributed by atoms with van der Waals surface area (Å²) in [4.78, 5) is 0. The zero-order chi connectivity index (χ0) is 7.14. The van der Waals surface area contributed by atoms with Gasteiger partial charge in [0, 0.05) is 0 Å². The minimum atomic E-state index is 0.0440. The zero-order valence-corrected chi connectivity index (χ0v) is 6.59. The maximum Gasteiger partial charge on any atom is 0.0573 e. The Bertz CT molecular complexity index is 119. The van der Waals surface area contributed by atoms with Crippen molar-refractivity contribution in [2.45, 2.75) is 38.7 Å². The van der Waals surface area contributed by atoms with Crippen LogP contribution in [0.4, 0.5) is 0 Å². The molecule has 2 rings (SSSR count). The van der Waals surface area contributed by atoms with Gasteiger partial charge in [-0.05, 0) is 37.0 Å². The van der Waals surface area contributed by atoms with Gasteiger partial charge < -0.3 is 5.11 Å². The maximum absolute atomic E-state index is 9.57. The Morgan fingerprint density at radius 1 is 1.10 bits per heavy atom. The second-order valence-corrected chi connectivity index (χ2v) is 4.04. The van der Waals surface area contributed by atoms with Crippen LogP contribution in [0.2, 0.25) is 0 Å². The lowest BCUT2D eigenvalue weighted by Crippen LogP contribution is -2.19. The highest BCUT2D eigenvalue weighted by atomic mass is 16.3. The van der Waals surface area contributed by atoms with E-state index in [1.54, 1.807) is 0 Å². The van der Waals surface area contributed by atoms with Crippen LogP contribution >= 0.6 is 0 Å². The highest BCUT2D eigenvalue weighted by Crippen LogP contribution is 2.47. The summed E-state index contributed by atoms with van der Waals surface area (Å²) in [5, 5.41) is 9.57. The minimum Gasteiger partial charge on any atom is -0.393 e. The van der Waals surface area contributed by atoms with Crippen molar-refractivity contribution >= 4 is 0 Å². The average Bonchev–Trinajstić information content (AvgIpc) is 2.40. The lowest BCUT2D eigenvalue weighted by molar-refractivity contribution is 0.104. The molecule has 4 atom stereocenters. The normalized spacial score (nSPS) is 53.4. The Balaban J connectivity index is 2.11. The van der Waals surface area contributed by atoms with Crippen molar-refractivity contribution in [3.8, 4) is 0 Å². The molecule has 0 aliphatic heterocycles. The van der Waals surface area contributed by atoms with E-state index in [0.717, 1.165) is 18.3 Å². The van der Waals surface area contributed by atoms with E-state index in [4.69, 9.17) is 0 Å². The van der Waals surface area contributed by atoms with Crippen LogP contribution < -0.4 is 0 Å². The molecule has 58 valence electrons. The van der Waals surface area contributed by atoms with Gasteiger partial charge in [-0.1, -0.05) is 13.3 Å². The van der Waals surface area contributed by atoms with Crippen LogP contribution in [0.25, 0.3) is 0 Å². The third-order valence-electron chi connectivity index (χ3n) is 3.47. The van der Waals surface area contributed by atoms with E-state index in [9.17, 15) is 5.11 Å². The smallest absolute Gasteiger partial charge is 0.0573 e. The third-order valence-corrected chi connectivity index (χ3v) is 3.47. The summed E-state index contributed by atoms with van der Waals surface area (Å²) >= 11 is 0. The van der Waals surface area contributed by atoms with Gasteiger partial charge in [0.15, 0.2) is 0 Å². The second kappa shape index (κ2) is 2.23. The molecule has 0 bridgehead atoms. The first-order valence-corrected chi connectivity index (χ1v) is 4.47. The first kappa shape index (κ1) is 6.66. The van der Waals surface area contributed by atoms with Crippen molar-refractivity contribution in [3.63, 3.8) is 0 Å². The Hall–Kier alpha value is -0.0400. The van der Waals surface area contributed by atoms with Gasteiger partial charge in [-0.3, -0.25) is 0 Å². The maximum atomic E-state index is 9.57. The van der Waals surface area contributed by atoms with E-state index < -0.39 is 0 Å². The van der Waals surface area contributed by atoms with Gasteiger partial charge >= 0.3 is 0 Å². The standard InChI is InChI=1S/C9H16O/c1-6-2-3-7-4-5-8(10)9(6)7/h6-10H,2-5H2,1H3/t6-,7-,8-,9-/m0/s1. The van der Waals surface area contributed by atoms with E-state index in [1.807, 2.05) is 0 Å². The van der Waals surface area contributed by atoms with Crippen molar-refractivity contribution in [1.29, 1.82) is 0 Å². The van der Waals surface area contributed by atoms with E-state index in [2.05, 4.69) is 6.92 Å². The molecule has 2 aliphatic rings. The van der Waals surface area contributed by atoms with E-state index >= 15 is 0 Å². The van der Waals surface area contributed by atoms with Crippen LogP contribution in [0.5, 0.6) is 0 Å². The molecule has 2 fully saturated rings. The summed E-state index contributed by atoms with van der Waals surface area (Å²) in [6, 6.07) is 0. The Labute approximate surface area is 62.4 Å². The molecular formula is C9H16O. The molecule has 1 nitrogen and oxygen atoms in total. The van der Waals surface area contributed by atoms with Crippen LogP contribution in [0.15, 0.2) is 0 Å². The summed E-state index contributed by atoms with van der Waals surface area (Å²) in [5.41, 5.74) is 0. The molecular weight excluding hydrogens is 124 g/mol. The summed E-state index contributed by atoms with van der Waals surface area (Å²) in [6.07, 6.45) is 5.13. The van der Waals surface area contributed by atoms with Crippen LogP contribution in [0, 0.1) is 17.8 Å². The summed E-state index contributed by atoms with van der Waals surface area (Å²) in [5.74, 6) is 2.34. The van der Waals surface area contributed by atoms with Crippen molar-refractivity contribution in [3.05, 3.63) is 0 Å². The van der Waals surface area contributed by atoms with Gasteiger partial charge in [-0.15, -0.1) is 0 Å². The second-order valence-electron chi connectivity index (χ2n) is 4.04. The highest BCUT2D eigenvalue weighted by molar-refractivity contribution is 4.92. The molecule has 0 amide bonds. The molecule has 0 aromatic rings. The van der Waals surface area contributed by atoms with E-state index in [0.29, 0.717) is 5.92 Å². The number of rotatable bonds is 0. The number of hydrogen-bond donors (Lipinski definition) is 1. The molecule has 0 spiro atoms. The lowest BCUT2D eigenvalue weighted by atomic mass is 9.92. The van der Waals surface area contributed by atoms with Crippen LogP contribution in [-0.2, 0) is 0 Å². The number of aliphatic hydroxyl groups is 1. The van der Waals surface area contributed by atoms with Gasteiger partial charge in [0.25, 0.3) is 0 Å². The first-order chi connectivity index (χ1) is 4.79. The zero-order valence-electron chi connectivity index (χ0n) is 6.59. The fourth-order valence-corrected chi connectivity index (χ4v) is 2.93. The fraction of sp³-hybridized carbons (Fsp3) is 1.00. The molecule has 10 heavy (non-hydrogen) atoms. The van der Waals surface area contributed by atoms with Gasteiger partial charge in [0.1, 0.15) is 0 Å². The number of aliphatic hydroxyl groups excluding tert-OH is 1. The molecule has 0 radical (unpaired) electrons. The van der Waals surface area contributed by atoms with E-state index in [1.165, 1.54) is 19.3 Å². The SMILES string of the molecule is C[C@H]1CC[C@H]2CC[C@H](O)[C@H]21. The largest absolute Gasteiger partial charge is 0.393 e. The molecule has 1 N–H and O–H groups in total. The molecule has 0 aromatic heterocycles. The van der Waals surface area contributed by atoms with Gasteiger partial charge in [0.2, 0.25) is 0 Å². The summed E-state index contributed by atoms with van der Waals surface area (Å²) < 4.78 is 0. The van der Waals surface area contributed by atoms with E-state index in [-0.39, 0.29) is 6.10 Å². The molecule has 2 saturated carbocycles. The molecule has 0 aromatic carbocycles. The average molecular weight is 140 g/mol. The molecule has 0 saturated heterocycles. The fourth-order valence-electron chi connectivity index (χ4n) is 2.93.